The Bertz CT molecular complexity index is 699. The third-order valence-electron chi connectivity index (χ3n) is 5.01. The second-order valence-electron chi connectivity index (χ2n) is 5.84. The second-order valence-corrected chi connectivity index (χ2v) is 5.84. The van der Waals surface area contributed by atoms with E-state index in [9.17, 15) is 5.11 Å². The summed E-state index contributed by atoms with van der Waals surface area (Å²) in [7, 11) is 0. The lowest BCUT2D eigenvalue weighted by Crippen LogP contribution is -2.37. The Morgan fingerprint density at radius 3 is 1.95 bits per heavy atom. The number of hydrogen-bond donors (Lipinski definition) is 1. The summed E-state index contributed by atoms with van der Waals surface area (Å²) >= 11 is 0. The van der Waals surface area contributed by atoms with E-state index in [4.69, 9.17) is 4.74 Å². The Hall–Kier alpha value is -2.06. The van der Waals surface area contributed by atoms with Crippen LogP contribution in [0.4, 0.5) is 0 Å². The number of aliphatic hydroxyl groups excluding tert-OH is 1. The molecule has 2 heteroatoms. The molecule has 2 aromatic rings. The highest BCUT2D eigenvalue weighted by Crippen LogP contribution is 2.60. The number of benzene rings is 2. The van der Waals surface area contributed by atoms with Gasteiger partial charge in [-0.05, 0) is 27.8 Å². The van der Waals surface area contributed by atoms with Crippen molar-refractivity contribution in [3.8, 4) is 0 Å². The van der Waals surface area contributed by atoms with Crippen LogP contribution >= 0.6 is 0 Å². The molecule has 6 rings (SSSR count). The minimum absolute atomic E-state index is 0.0739. The molecule has 20 heavy (non-hydrogen) atoms. The normalized spacial score (nSPS) is 31.9. The standard InChI is InChI=1S/C18H14O2/c19-18-17-14(9-20-18)15-10-5-1-3-7-12(10)16(17)13-8-4-2-6-11(13)15/h1-9,15-19H. The van der Waals surface area contributed by atoms with E-state index in [1.807, 2.05) is 0 Å². The minimum atomic E-state index is -0.709. The van der Waals surface area contributed by atoms with E-state index >= 15 is 0 Å². The van der Waals surface area contributed by atoms with Crippen LogP contribution in [0.15, 0.2) is 60.4 Å². The zero-order chi connectivity index (χ0) is 13.3. The second kappa shape index (κ2) is 3.53. The smallest absolute Gasteiger partial charge is 0.204 e. The lowest BCUT2D eigenvalue weighted by Gasteiger charge is -2.45. The molecule has 0 amide bonds. The largest absolute Gasteiger partial charge is 0.472 e. The van der Waals surface area contributed by atoms with Gasteiger partial charge in [-0.25, -0.2) is 0 Å². The Kier molecular flexibility index (Phi) is 1.89. The topological polar surface area (TPSA) is 29.5 Å². The van der Waals surface area contributed by atoms with Crippen LogP contribution < -0.4 is 0 Å². The minimum Gasteiger partial charge on any atom is -0.472 e. The van der Waals surface area contributed by atoms with Crippen molar-refractivity contribution in [3.05, 3.63) is 82.6 Å². The molecule has 2 bridgehead atoms. The van der Waals surface area contributed by atoms with Crippen LogP contribution in [0.1, 0.15) is 34.1 Å². The molecule has 0 saturated carbocycles. The molecule has 0 fully saturated rings. The van der Waals surface area contributed by atoms with Crippen molar-refractivity contribution in [2.75, 3.05) is 0 Å². The molecule has 1 aliphatic heterocycles. The van der Waals surface area contributed by atoms with Crippen molar-refractivity contribution in [3.63, 3.8) is 0 Å². The van der Waals surface area contributed by atoms with Gasteiger partial charge in [-0.2, -0.15) is 0 Å². The van der Waals surface area contributed by atoms with Crippen molar-refractivity contribution in [2.24, 2.45) is 5.92 Å². The highest BCUT2D eigenvalue weighted by atomic mass is 16.6. The molecule has 2 nitrogen and oxygen atoms in total. The maximum absolute atomic E-state index is 10.2. The molecule has 1 heterocycles. The number of rotatable bonds is 0. The summed E-state index contributed by atoms with van der Waals surface area (Å²) in [5.41, 5.74) is 6.68. The molecule has 0 aromatic heterocycles. The van der Waals surface area contributed by atoms with Gasteiger partial charge in [0.15, 0.2) is 0 Å². The molecule has 98 valence electrons. The van der Waals surface area contributed by atoms with Crippen LogP contribution in [-0.4, -0.2) is 11.4 Å². The summed E-state index contributed by atoms with van der Waals surface area (Å²) in [6.07, 6.45) is 1.08. The van der Waals surface area contributed by atoms with Gasteiger partial charge in [-0.15, -0.1) is 0 Å². The van der Waals surface area contributed by atoms with Crippen molar-refractivity contribution in [2.45, 2.75) is 18.1 Å². The molecule has 1 N–H and O–H groups in total. The first kappa shape index (κ1) is 10.7. The van der Waals surface area contributed by atoms with Crippen molar-refractivity contribution >= 4 is 0 Å². The lowest BCUT2D eigenvalue weighted by molar-refractivity contribution is -0.0675. The summed E-state index contributed by atoms with van der Waals surface area (Å²) < 4.78 is 5.44. The van der Waals surface area contributed by atoms with E-state index in [0.717, 1.165) is 0 Å². The molecule has 3 aliphatic carbocycles. The van der Waals surface area contributed by atoms with Gasteiger partial charge in [0, 0.05) is 11.8 Å². The van der Waals surface area contributed by atoms with Crippen molar-refractivity contribution in [1.82, 2.24) is 0 Å². The zero-order valence-corrected chi connectivity index (χ0v) is 10.9. The molecule has 2 unspecified atom stereocenters. The van der Waals surface area contributed by atoms with E-state index < -0.39 is 6.29 Å². The van der Waals surface area contributed by atoms with E-state index in [-0.39, 0.29) is 17.8 Å². The molecular formula is C18H14O2. The summed E-state index contributed by atoms with van der Waals surface area (Å²) in [5.74, 6) is 0.537. The molecule has 0 radical (unpaired) electrons. The van der Waals surface area contributed by atoms with Crippen LogP contribution in [0, 0.1) is 5.92 Å². The fourth-order valence-corrected chi connectivity index (χ4v) is 4.29. The average Bonchev–Trinajstić information content (AvgIpc) is 2.90. The predicted octanol–water partition coefficient (Wildman–Crippen LogP) is 3.13. The van der Waals surface area contributed by atoms with Gasteiger partial charge in [0.05, 0.1) is 12.2 Å². The lowest BCUT2D eigenvalue weighted by atomic mass is 9.57. The van der Waals surface area contributed by atoms with Crippen LogP contribution in [-0.2, 0) is 4.74 Å². The van der Waals surface area contributed by atoms with Crippen LogP contribution in [0.3, 0.4) is 0 Å². The van der Waals surface area contributed by atoms with Crippen LogP contribution in [0.5, 0.6) is 0 Å². The Balaban J connectivity index is 1.88. The summed E-state index contributed by atoms with van der Waals surface area (Å²) in [4.78, 5) is 0. The number of aliphatic hydroxyl groups is 1. The Morgan fingerprint density at radius 2 is 1.35 bits per heavy atom. The summed E-state index contributed by atoms with van der Waals surface area (Å²) in [5, 5.41) is 10.2. The Labute approximate surface area is 117 Å². The zero-order valence-electron chi connectivity index (χ0n) is 10.9. The molecule has 2 atom stereocenters. The van der Waals surface area contributed by atoms with Crippen molar-refractivity contribution in [1.29, 1.82) is 0 Å². The first-order chi connectivity index (χ1) is 9.86. The first-order valence-electron chi connectivity index (χ1n) is 7.07. The fraction of sp³-hybridized carbons (Fsp3) is 0.222. The summed E-state index contributed by atoms with van der Waals surface area (Å²) in [6.45, 7) is 0. The monoisotopic (exact) mass is 262 g/mol. The van der Waals surface area contributed by atoms with Crippen LogP contribution in [0.25, 0.3) is 0 Å². The highest BCUT2D eigenvalue weighted by Gasteiger charge is 2.51. The van der Waals surface area contributed by atoms with Gasteiger partial charge in [-0.3, -0.25) is 0 Å². The van der Waals surface area contributed by atoms with E-state index in [2.05, 4.69) is 48.5 Å². The summed E-state index contributed by atoms with van der Waals surface area (Å²) in [6, 6.07) is 17.2. The Morgan fingerprint density at radius 1 is 0.800 bits per heavy atom. The number of hydrogen-bond acceptors (Lipinski definition) is 2. The van der Waals surface area contributed by atoms with Gasteiger partial charge in [0.1, 0.15) is 0 Å². The van der Waals surface area contributed by atoms with E-state index in [1.54, 1.807) is 6.26 Å². The van der Waals surface area contributed by atoms with Gasteiger partial charge >= 0.3 is 0 Å². The third-order valence-corrected chi connectivity index (χ3v) is 5.01. The molecule has 2 aromatic carbocycles. The van der Waals surface area contributed by atoms with Crippen molar-refractivity contribution < 1.29 is 9.84 Å². The van der Waals surface area contributed by atoms with Gasteiger partial charge < -0.3 is 9.84 Å². The maximum Gasteiger partial charge on any atom is 0.204 e. The third kappa shape index (κ3) is 1.10. The molecule has 4 aliphatic rings. The highest BCUT2D eigenvalue weighted by molar-refractivity contribution is 5.62. The molecule has 0 spiro atoms. The number of ether oxygens (including phenoxy) is 1. The quantitative estimate of drug-likeness (QED) is 0.790. The first-order valence-corrected chi connectivity index (χ1v) is 7.07. The van der Waals surface area contributed by atoms with E-state index in [1.165, 1.54) is 27.8 Å². The van der Waals surface area contributed by atoms with E-state index in [0.29, 0.717) is 0 Å². The van der Waals surface area contributed by atoms with Gasteiger partial charge in [0.25, 0.3) is 0 Å². The van der Waals surface area contributed by atoms with Gasteiger partial charge in [-0.1, -0.05) is 48.5 Å². The fourth-order valence-electron chi connectivity index (χ4n) is 4.29. The molecular weight excluding hydrogens is 248 g/mol. The maximum atomic E-state index is 10.2. The molecule has 0 saturated heterocycles. The average molecular weight is 262 g/mol. The van der Waals surface area contributed by atoms with Crippen LogP contribution in [0.2, 0.25) is 0 Å². The SMILES string of the molecule is OC1OC=C2C3c4ccccc4C(c4ccccc43)C21. The van der Waals surface area contributed by atoms with Gasteiger partial charge in [0.2, 0.25) is 6.29 Å². The predicted molar refractivity (Wildman–Crippen MR) is 75.2 cm³/mol.